The highest BCUT2D eigenvalue weighted by Crippen LogP contribution is 2.30. The lowest BCUT2D eigenvalue weighted by Gasteiger charge is -2.10. The molecule has 0 N–H and O–H groups in total. The van der Waals surface area contributed by atoms with Crippen LogP contribution in [0.15, 0.2) is 88.5 Å². The zero-order valence-corrected chi connectivity index (χ0v) is 16.8. The first kappa shape index (κ1) is 19.1. The van der Waals surface area contributed by atoms with E-state index >= 15 is 0 Å². The van der Waals surface area contributed by atoms with Gasteiger partial charge in [-0.05, 0) is 35.9 Å². The molecule has 0 saturated heterocycles. The number of benzene rings is 3. The van der Waals surface area contributed by atoms with Gasteiger partial charge in [-0.3, -0.25) is 0 Å². The largest absolute Gasteiger partial charge is 0.497 e. The van der Waals surface area contributed by atoms with E-state index in [9.17, 15) is 0 Å². The van der Waals surface area contributed by atoms with Crippen LogP contribution in [-0.4, -0.2) is 17.3 Å². The second-order valence-corrected chi connectivity index (χ2v) is 7.22. The molecule has 1 heterocycles. The summed E-state index contributed by atoms with van der Waals surface area (Å²) < 4.78 is 17.0. The standard InChI is InChI=1S/C23H20N2O3S/c1-26-19-13-11-17(12-14-19)15-22-24-25-23(28-22)29-16-18-7-5-6-10-21(18)27-20-8-3-2-4-9-20/h2-14H,15-16H2,1H3. The summed E-state index contributed by atoms with van der Waals surface area (Å²) in [5.41, 5.74) is 2.16. The molecule has 29 heavy (non-hydrogen) atoms. The Morgan fingerprint density at radius 2 is 1.59 bits per heavy atom. The SMILES string of the molecule is COc1ccc(Cc2nnc(SCc3ccccc3Oc3ccccc3)o2)cc1. The Bertz CT molecular complexity index is 1050. The van der Waals surface area contributed by atoms with E-state index in [-0.39, 0.29) is 0 Å². The van der Waals surface area contributed by atoms with Gasteiger partial charge in [0, 0.05) is 11.3 Å². The van der Waals surface area contributed by atoms with Gasteiger partial charge in [-0.25, -0.2) is 0 Å². The Kier molecular flexibility index (Phi) is 6.12. The molecular weight excluding hydrogens is 384 g/mol. The molecule has 4 rings (SSSR count). The van der Waals surface area contributed by atoms with Crippen molar-refractivity contribution in [1.29, 1.82) is 0 Å². The number of hydrogen-bond donors (Lipinski definition) is 0. The minimum absolute atomic E-state index is 0.544. The summed E-state index contributed by atoms with van der Waals surface area (Å²) in [6.07, 6.45) is 0.589. The number of ether oxygens (including phenoxy) is 2. The maximum atomic E-state index is 6.01. The highest BCUT2D eigenvalue weighted by atomic mass is 32.2. The van der Waals surface area contributed by atoms with E-state index in [1.807, 2.05) is 78.9 Å². The third kappa shape index (κ3) is 5.18. The van der Waals surface area contributed by atoms with Crippen LogP contribution in [0.4, 0.5) is 0 Å². The Morgan fingerprint density at radius 1 is 0.828 bits per heavy atom. The lowest BCUT2D eigenvalue weighted by atomic mass is 10.1. The zero-order valence-electron chi connectivity index (χ0n) is 15.9. The second kappa shape index (κ2) is 9.30. The van der Waals surface area contributed by atoms with Crippen LogP contribution in [-0.2, 0) is 12.2 Å². The van der Waals surface area contributed by atoms with Gasteiger partial charge in [0.15, 0.2) is 0 Å². The summed E-state index contributed by atoms with van der Waals surface area (Å²) in [6.45, 7) is 0. The number of thioether (sulfide) groups is 1. The molecule has 1 aromatic heterocycles. The van der Waals surface area contributed by atoms with Crippen molar-refractivity contribution in [2.75, 3.05) is 7.11 Å². The molecule has 146 valence electrons. The molecule has 5 nitrogen and oxygen atoms in total. The molecular formula is C23H20N2O3S. The Hall–Kier alpha value is -3.25. The Morgan fingerprint density at radius 3 is 2.38 bits per heavy atom. The molecule has 0 aliphatic heterocycles. The van der Waals surface area contributed by atoms with Gasteiger partial charge in [-0.15, -0.1) is 10.2 Å². The van der Waals surface area contributed by atoms with E-state index in [0.29, 0.717) is 23.3 Å². The summed E-state index contributed by atoms with van der Waals surface area (Å²) in [6, 6.07) is 25.5. The number of aromatic nitrogens is 2. The highest BCUT2D eigenvalue weighted by Gasteiger charge is 2.11. The molecule has 0 saturated carbocycles. The van der Waals surface area contributed by atoms with E-state index in [1.165, 1.54) is 11.8 Å². The molecule has 0 bridgehead atoms. The lowest BCUT2D eigenvalue weighted by Crippen LogP contribution is -1.90. The molecule has 0 unspecified atom stereocenters. The van der Waals surface area contributed by atoms with Crippen molar-refractivity contribution in [3.63, 3.8) is 0 Å². The molecule has 0 amide bonds. The molecule has 0 aliphatic carbocycles. The van der Waals surface area contributed by atoms with Gasteiger partial charge in [0.25, 0.3) is 5.22 Å². The molecule has 0 spiro atoms. The van der Waals surface area contributed by atoms with E-state index in [4.69, 9.17) is 13.9 Å². The highest BCUT2D eigenvalue weighted by molar-refractivity contribution is 7.98. The molecule has 3 aromatic carbocycles. The summed E-state index contributed by atoms with van der Waals surface area (Å²) in [5, 5.41) is 8.86. The number of methoxy groups -OCH3 is 1. The predicted octanol–water partition coefficient (Wildman–Crippen LogP) is 5.75. The quantitative estimate of drug-likeness (QED) is 0.348. The zero-order chi connectivity index (χ0) is 19.9. The molecule has 6 heteroatoms. The first-order chi connectivity index (χ1) is 14.3. The van der Waals surface area contributed by atoms with Gasteiger partial charge in [-0.1, -0.05) is 60.3 Å². The summed E-state index contributed by atoms with van der Waals surface area (Å²) in [7, 11) is 1.65. The van der Waals surface area contributed by atoms with Crippen LogP contribution in [0.1, 0.15) is 17.0 Å². The van der Waals surface area contributed by atoms with Crippen LogP contribution in [0.5, 0.6) is 17.2 Å². The van der Waals surface area contributed by atoms with Crippen molar-refractivity contribution in [1.82, 2.24) is 10.2 Å². The minimum atomic E-state index is 0.544. The van der Waals surface area contributed by atoms with Gasteiger partial charge in [-0.2, -0.15) is 0 Å². The second-order valence-electron chi connectivity index (χ2n) is 6.30. The normalized spacial score (nSPS) is 10.7. The van der Waals surface area contributed by atoms with Gasteiger partial charge in [0.05, 0.1) is 13.5 Å². The fourth-order valence-electron chi connectivity index (χ4n) is 2.76. The summed E-state index contributed by atoms with van der Waals surface area (Å²) in [4.78, 5) is 0. The number of rotatable bonds is 8. The molecule has 4 aromatic rings. The molecule has 0 atom stereocenters. The monoisotopic (exact) mass is 404 g/mol. The maximum absolute atomic E-state index is 6.01. The maximum Gasteiger partial charge on any atom is 0.276 e. The van der Waals surface area contributed by atoms with Crippen molar-refractivity contribution in [3.05, 3.63) is 95.9 Å². The van der Waals surface area contributed by atoms with Crippen molar-refractivity contribution in [3.8, 4) is 17.2 Å². The third-order valence-corrected chi connectivity index (χ3v) is 5.12. The Labute approximate surface area is 173 Å². The van der Waals surface area contributed by atoms with Crippen molar-refractivity contribution in [2.45, 2.75) is 17.4 Å². The van der Waals surface area contributed by atoms with Crippen molar-refractivity contribution in [2.24, 2.45) is 0 Å². The minimum Gasteiger partial charge on any atom is -0.497 e. The summed E-state index contributed by atoms with van der Waals surface area (Å²) in [5.74, 6) is 3.72. The van der Waals surface area contributed by atoms with Crippen molar-refractivity contribution < 1.29 is 13.9 Å². The van der Waals surface area contributed by atoms with E-state index < -0.39 is 0 Å². The number of hydrogen-bond acceptors (Lipinski definition) is 6. The number of nitrogens with zero attached hydrogens (tertiary/aromatic N) is 2. The van der Waals surface area contributed by atoms with Crippen LogP contribution in [0.25, 0.3) is 0 Å². The topological polar surface area (TPSA) is 57.4 Å². The summed E-state index contributed by atoms with van der Waals surface area (Å²) >= 11 is 1.50. The predicted molar refractivity (Wildman–Crippen MR) is 113 cm³/mol. The van der Waals surface area contributed by atoms with Crippen molar-refractivity contribution >= 4 is 11.8 Å². The van der Waals surface area contributed by atoms with E-state index in [1.54, 1.807) is 7.11 Å². The van der Waals surface area contributed by atoms with Crippen LogP contribution in [0.2, 0.25) is 0 Å². The Balaban J connectivity index is 1.38. The van der Waals surface area contributed by atoms with Gasteiger partial charge in [0.2, 0.25) is 5.89 Å². The fourth-order valence-corrected chi connectivity index (χ4v) is 3.53. The van der Waals surface area contributed by atoms with Gasteiger partial charge >= 0.3 is 0 Å². The molecule has 0 radical (unpaired) electrons. The average molecular weight is 404 g/mol. The number of para-hydroxylation sites is 2. The lowest BCUT2D eigenvalue weighted by molar-refractivity contribution is 0.413. The smallest absolute Gasteiger partial charge is 0.276 e. The average Bonchev–Trinajstić information content (AvgIpc) is 3.22. The van der Waals surface area contributed by atoms with Gasteiger partial charge < -0.3 is 13.9 Å². The van der Waals surface area contributed by atoms with Crippen LogP contribution >= 0.6 is 11.8 Å². The van der Waals surface area contributed by atoms with Crippen LogP contribution in [0, 0.1) is 0 Å². The molecule has 0 fully saturated rings. The first-order valence-corrected chi connectivity index (χ1v) is 10.2. The first-order valence-electron chi connectivity index (χ1n) is 9.19. The fraction of sp³-hybridized carbons (Fsp3) is 0.130. The van der Waals surface area contributed by atoms with Crippen LogP contribution in [0.3, 0.4) is 0 Å². The third-order valence-electron chi connectivity index (χ3n) is 4.26. The van der Waals surface area contributed by atoms with E-state index in [0.717, 1.165) is 28.4 Å². The molecule has 0 aliphatic rings. The van der Waals surface area contributed by atoms with Gasteiger partial charge in [0.1, 0.15) is 17.2 Å². The van der Waals surface area contributed by atoms with Crippen LogP contribution < -0.4 is 9.47 Å². The van der Waals surface area contributed by atoms with E-state index in [2.05, 4.69) is 10.2 Å².